The number of nitrogens with one attached hydrogen (secondary N) is 1. The summed E-state index contributed by atoms with van der Waals surface area (Å²) in [6, 6.07) is 6.78. The van der Waals surface area contributed by atoms with E-state index >= 15 is 0 Å². The van der Waals surface area contributed by atoms with Crippen LogP contribution in [0, 0.1) is 0 Å². The molecule has 2 aromatic rings. The third kappa shape index (κ3) is 4.13. The van der Waals surface area contributed by atoms with Crippen molar-refractivity contribution in [3.05, 3.63) is 29.3 Å². The van der Waals surface area contributed by atoms with E-state index in [0.717, 1.165) is 11.8 Å². The molecule has 1 aromatic carbocycles. The highest BCUT2D eigenvalue weighted by molar-refractivity contribution is 8.00. The van der Waals surface area contributed by atoms with E-state index in [1.165, 1.54) is 4.68 Å². The topological polar surface area (TPSA) is 120 Å². The summed E-state index contributed by atoms with van der Waals surface area (Å²) in [6.45, 7) is 1.70. The third-order valence-electron chi connectivity index (χ3n) is 4.01. The number of thioether (sulfide) groups is 1. The minimum absolute atomic E-state index is 0.0140. The van der Waals surface area contributed by atoms with E-state index in [0.29, 0.717) is 28.0 Å². The van der Waals surface area contributed by atoms with Crippen LogP contribution in [0.15, 0.2) is 29.4 Å². The largest absolute Gasteiger partial charge is 0.351 e. The number of nitrogens with zero attached hydrogens (tertiary/aromatic N) is 3. The number of nitrogens with two attached hydrogens (primary N) is 1. The van der Waals surface area contributed by atoms with Crippen molar-refractivity contribution in [3.63, 3.8) is 0 Å². The van der Waals surface area contributed by atoms with Gasteiger partial charge in [-0.3, -0.25) is 4.79 Å². The van der Waals surface area contributed by atoms with Gasteiger partial charge in [0.1, 0.15) is 0 Å². The fourth-order valence-corrected chi connectivity index (χ4v) is 5.30. The zero-order chi connectivity index (χ0) is 18.9. The van der Waals surface area contributed by atoms with Crippen LogP contribution in [0.25, 0.3) is 11.4 Å². The molecule has 0 aliphatic carbocycles. The Bertz CT molecular complexity index is 931. The number of sulfone groups is 1. The van der Waals surface area contributed by atoms with Crippen molar-refractivity contribution >= 4 is 39.1 Å². The highest BCUT2D eigenvalue weighted by Gasteiger charge is 2.30. The van der Waals surface area contributed by atoms with Crippen molar-refractivity contribution in [2.75, 3.05) is 17.3 Å². The van der Waals surface area contributed by atoms with Gasteiger partial charge in [0.2, 0.25) is 11.1 Å². The Hall–Kier alpha value is -1.78. The summed E-state index contributed by atoms with van der Waals surface area (Å²) < 4.78 is 24.3. The molecule has 1 amide bonds. The first-order chi connectivity index (χ1) is 12.3. The lowest BCUT2D eigenvalue weighted by atomic mass is 10.2. The molecule has 1 aliphatic heterocycles. The Balaban J connectivity index is 1.67. The monoisotopic (exact) mass is 415 g/mol. The second kappa shape index (κ2) is 7.45. The van der Waals surface area contributed by atoms with Crippen molar-refractivity contribution < 1.29 is 13.2 Å². The molecule has 11 heteroatoms. The van der Waals surface area contributed by atoms with Crippen LogP contribution in [0.5, 0.6) is 0 Å². The van der Waals surface area contributed by atoms with Crippen molar-refractivity contribution in [3.8, 4) is 11.4 Å². The van der Waals surface area contributed by atoms with Gasteiger partial charge in [-0.15, -0.1) is 10.2 Å². The van der Waals surface area contributed by atoms with E-state index in [2.05, 4.69) is 15.5 Å². The Labute approximate surface area is 160 Å². The highest BCUT2D eigenvalue weighted by Crippen LogP contribution is 2.29. The van der Waals surface area contributed by atoms with Crippen LogP contribution < -0.4 is 11.2 Å². The third-order valence-corrected chi connectivity index (χ3v) is 7.16. The number of rotatable bonds is 5. The normalized spacial score (nSPS) is 20.0. The number of amides is 1. The molecule has 1 aliphatic rings. The van der Waals surface area contributed by atoms with Gasteiger partial charge in [0.25, 0.3) is 0 Å². The first-order valence-electron chi connectivity index (χ1n) is 7.89. The first-order valence-corrected chi connectivity index (χ1v) is 11.0. The highest BCUT2D eigenvalue weighted by atomic mass is 35.5. The molecule has 1 aromatic heterocycles. The predicted octanol–water partition coefficient (Wildman–Crippen LogP) is 1.10. The number of carbonyl (C=O) groups is 1. The number of benzene rings is 1. The van der Waals surface area contributed by atoms with E-state index < -0.39 is 15.1 Å². The lowest BCUT2D eigenvalue weighted by Crippen LogP contribution is -2.40. The van der Waals surface area contributed by atoms with E-state index in [4.69, 9.17) is 17.4 Å². The van der Waals surface area contributed by atoms with Gasteiger partial charge >= 0.3 is 0 Å². The molecular weight excluding hydrogens is 398 g/mol. The van der Waals surface area contributed by atoms with Gasteiger partial charge in [0.15, 0.2) is 15.7 Å². The molecular formula is C15H18ClN5O3S2. The molecule has 0 spiro atoms. The summed E-state index contributed by atoms with van der Waals surface area (Å²) >= 11 is 7.30. The Kier molecular flexibility index (Phi) is 5.44. The van der Waals surface area contributed by atoms with Crippen LogP contribution in [0.4, 0.5) is 0 Å². The lowest BCUT2D eigenvalue weighted by Gasteiger charge is -2.15. The molecule has 0 bridgehead atoms. The number of hydrogen-bond donors (Lipinski definition) is 2. The zero-order valence-corrected chi connectivity index (χ0v) is 16.3. The summed E-state index contributed by atoms with van der Waals surface area (Å²) in [5.41, 5.74) is 0.643. The van der Waals surface area contributed by atoms with Crippen molar-refractivity contribution in [2.45, 2.75) is 29.8 Å². The van der Waals surface area contributed by atoms with Crippen LogP contribution >= 0.6 is 23.4 Å². The van der Waals surface area contributed by atoms with Gasteiger partial charge in [-0.25, -0.2) is 13.1 Å². The molecule has 3 rings (SSSR count). The molecule has 0 saturated carbocycles. The molecule has 0 radical (unpaired) electrons. The molecule has 0 unspecified atom stereocenters. The fraction of sp³-hybridized carbons (Fsp3) is 0.400. The van der Waals surface area contributed by atoms with Crippen LogP contribution in [0.3, 0.4) is 0 Å². The maximum Gasteiger partial charge on any atom is 0.233 e. The average Bonchev–Trinajstić information content (AvgIpc) is 3.10. The summed E-state index contributed by atoms with van der Waals surface area (Å²) in [5.74, 6) is 6.28. The Morgan fingerprint density at radius 2 is 2.15 bits per heavy atom. The first kappa shape index (κ1) is 19.0. The summed E-state index contributed by atoms with van der Waals surface area (Å²) in [7, 11) is -3.04. The number of aromatic nitrogens is 3. The molecule has 140 valence electrons. The molecule has 1 fully saturated rings. The van der Waals surface area contributed by atoms with Gasteiger partial charge in [0.05, 0.1) is 21.8 Å². The van der Waals surface area contributed by atoms with E-state index in [-0.39, 0.29) is 23.5 Å². The second-order valence-electron chi connectivity index (χ2n) is 6.02. The standard InChI is InChI=1S/C15H18ClN5O3S2/c1-9(14(22)18-10-6-7-26(23,24)8-10)25-15-20-19-13(21(15)17)11-4-2-3-5-12(11)16/h2-5,9-10H,6-8,17H2,1H3,(H,18,22)/t9-,10+/m0/s1. The Morgan fingerprint density at radius 1 is 1.42 bits per heavy atom. The smallest absolute Gasteiger partial charge is 0.233 e. The molecule has 2 heterocycles. The van der Waals surface area contributed by atoms with Gasteiger partial charge in [-0.2, -0.15) is 0 Å². The summed E-state index contributed by atoms with van der Waals surface area (Å²) in [6.07, 6.45) is 0.440. The number of nitrogen functional groups attached to an aromatic ring is 1. The molecule has 26 heavy (non-hydrogen) atoms. The molecule has 1 saturated heterocycles. The quantitative estimate of drug-likeness (QED) is 0.554. The molecule has 2 atom stereocenters. The van der Waals surface area contributed by atoms with Gasteiger partial charge < -0.3 is 11.2 Å². The minimum Gasteiger partial charge on any atom is -0.351 e. The lowest BCUT2D eigenvalue weighted by molar-refractivity contribution is -0.120. The van der Waals surface area contributed by atoms with Crippen LogP contribution in [0.1, 0.15) is 13.3 Å². The zero-order valence-electron chi connectivity index (χ0n) is 13.9. The second-order valence-corrected chi connectivity index (χ2v) is 9.97. The van der Waals surface area contributed by atoms with E-state index in [9.17, 15) is 13.2 Å². The van der Waals surface area contributed by atoms with Gasteiger partial charge in [0, 0.05) is 11.6 Å². The predicted molar refractivity (Wildman–Crippen MR) is 101 cm³/mol. The fourth-order valence-electron chi connectivity index (χ4n) is 2.62. The molecule has 3 N–H and O–H groups in total. The molecule has 8 nitrogen and oxygen atoms in total. The van der Waals surface area contributed by atoms with Gasteiger partial charge in [-0.1, -0.05) is 35.5 Å². The number of carbonyl (C=O) groups excluding carboxylic acids is 1. The maximum absolute atomic E-state index is 12.3. The summed E-state index contributed by atoms with van der Waals surface area (Å²) in [5, 5.41) is 11.2. The maximum atomic E-state index is 12.3. The minimum atomic E-state index is -3.04. The van der Waals surface area contributed by atoms with Crippen LogP contribution in [-0.4, -0.2) is 52.0 Å². The summed E-state index contributed by atoms with van der Waals surface area (Å²) in [4.78, 5) is 12.3. The van der Waals surface area contributed by atoms with E-state index in [1.807, 2.05) is 6.07 Å². The number of halogens is 1. The van der Waals surface area contributed by atoms with E-state index in [1.54, 1.807) is 25.1 Å². The van der Waals surface area contributed by atoms with Gasteiger partial charge in [-0.05, 0) is 25.5 Å². The van der Waals surface area contributed by atoms with Crippen molar-refractivity contribution in [2.24, 2.45) is 0 Å². The Morgan fingerprint density at radius 3 is 2.81 bits per heavy atom. The van der Waals surface area contributed by atoms with Crippen molar-refractivity contribution in [1.29, 1.82) is 0 Å². The van der Waals surface area contributed by atoms with Crippen LogP contribution in [0.2, 0.25) is 5.02 Å². The number of hydrogen-bond acceptors (Lipinski definition) is 7. The SMILES string of the molecule is C[C@H](Sc1nnc(-c2ccccc2Cl)n1N)C(=O)N[C@@H]1CCS(=O)(=O)C1. The van der Waals surface area contributed by atoms with Crippen molar-refractivity contribution in [1.82, 2.24) is 20.2 Å². The average molecular weight is 416 g/mol. The van der Waals surface area contributed by atoms with Crippen LogP contribution in [-0.2, 0) is 14.6 Å².